The smallest absolute Gasteiger partial charge is 0.239 e. The SMILES string of the molecule is C#C.CS(=O)Nc1ccc(-c2ccc(CCNC(=O)CN3CCCCCC3=O)cc2)cc1.Cc1cc2cc(N=C(N)NC#N)ccc2o1. The van der Waals surface area contributed by atoms with E-state index in [1.165, 1.54) is 0 Å². The number of aliphatic imine (C=N–C) groups is 1. The van der Waals surface area contributed by atoms with Crippen LogP contribution in [0.1, 0.15) is 37.0 Å². The van der Waals surface area contributed by atoms with Gasteiger partial charge in [0.15, 0.2) is 6.19 Å². The molecule has 11 nitrogen and oxygen atoms in total. The highest BCUT2D eigenvalue weighted by atomic mass is 32.2. The lowest BCUT2D eigenvalue weighted by molar-refractivity contribution is -0.135. The summed E-state index contributed by atoms with van der Waals surface area (Å²) in [5.41, 5.74) is 11.1. The maximum atomic E-state index is 12.2. The molecule has 1 unspecified atom stereocenters. The summed E-state index contributed by atoms with van der Waals surface area (Å²) in [5, 5.41) is 14.5. The molecule has 1 aliphatic heterocycles. The molecule has 250 valence electrons. The molecule has 0 saturated carbocycles. The second-order valence-corrected chi connectivity index (χ2v) is 12.0. The zero-order chi connectivity index (χ0) is 34.9. The van der Waals surface area contributed by atoms with E-state index >= 15 is 0 Å². The summed E-state index contributed by atoms with van der Waals surface area (Å²) in [7, 11) is -1.08. The second-order valence-electron chi connectivity index (χ2n) is 10.9. The van der Waals surface area contributed by atoms with Crippen molar-refractivity contribution in [1.82, 2.24) is 15.5 Å². The number of anilines is 1. The molecule has 0 aliphatic carbocycles. The summed E-state index contributed by atoms with van der Waals surface area (Å²) in [5.74, 6) is 0.912. The molecule has 2 amide bonds. The number of benzene rings is 3. The molecular weight excluding hydrogens is 627 g/mol. The Balaban J connectivity index is 0.000000291. The van der Waals surface area contributed by atoms with Gasteiger partial charge < -0.3 is 25.1 Å². The average Bonchev–Trinajstić information content (AvgIpc) is 3.33. The van der Waals surface area contributed by atoms with Gasteiger partial charge in [-0.05, 0) is 79.3 Å². The molecule has 5 rings (SSSR count). The third-order valence-electron chi connectivity index (χ3n) is 7.23. The van der Waals surface area contributed by atoms with Crippen LogP contribution in [0.25, 0.3) is 22.1 Å². The first-order chi connectivity index (χ1) is 23.2. The van der Waals surface area contributed by atoms with Crippen LogP contribution in [0.4, 0.5) is 11.4 Å². The van der Waals surface area contributed by atoms with Gasteiger partial charge in [0, 0.05) is 36.8 Å². The van der Waals surface area contributed by atoms with Crippen molar-refractivity contribution in [3.8, 4) is 30.2 Å². The predicted octanol–water partition coefficient (Wildman–Crippen LogP) is 5.13. The normalized spacial score (nSPS) is 13.4. The van der Waals surface area contributed by atoms with Gasteiger partial charge in [0.25, 0.3) is 0 Å². The van der Waals surface area contributed by atoms with Crippen LogP contribution in [0.2, 0.25) is 0 Å². The van der Waals surface area contributed by atoms with Crippen molar-refractivity contribution >= 4 is 51.1 Å². The number of amides is 2. The highest BCUT2D eigenvalue weighted by Gasteiger charge is 2.18. The molecule has 1 atom stereocenters. The van der Waals surface area contributed by atoms with E-state index < -0.39 is 11.0 Å². The zero-order valence-corrected chi connectivity index (χ0v) is 28.0. The number of hydrogen-bond acceptors (Lipinski definition) is 6. The zero-order valence-electron chi connectivity index (χ0n) is 27.2. The van der Waals surface area contributed by atoms with Crippen molar-refractivity contribution in [2.75, 3.05) is 30.6 Å². The number of carbonyl (C=O) groups excluding carboxylic acids is 2. The number of rotatable bonds is 9. The van der Waals surface area contributed by atoms with Crippen molar-refractivity contribution in [3.05, 3.63) is 84.1 Å². The Hall–Kier alpha value is -5.59. The number of likely N-dealkylation sites (tertiary alicyclic amines) is 1. The molecule has 4 aromatic rings. The summed E-state index contributed by atoms with van der Waals surface area (Å²) in [6.45, 7) is 3.28. The van der Waals surface area contributed by atoms with E-state index in [4.69, 9.17) is 15.4 Å². The van der Waals surface area contributed by atoms with Crippen LogP contribution in [-0.2, 0) is 27.0 Å². The molecular formula is C36H41N7O4S. The quantitative estimate of drug-likeness (QED) is 0.0632. The number of terminal acetylenes is 1. The molecule has 3 aromatic carbocycles. The molecule has 1 aliphatic rings. The number of hydrogen-bond donors (Lipinski definition) is 4. The molecule has 1 fully saturated rings. The van der Waals surface area contributed by atoms with Crippen molar-refractivity contribution in [2.24, 2.45) is 10.7 Å². The fourth-order valence-corrected chi connectivity index (χ4v) is 5.47. The number of fused-ring (bicyclic) bond motifs is 1. The molecule has 0 spiro atoms. The highest BCUT2D eigenvalue weighted by molar-refractivity contribution is 7.85. The Morgan fingerprint density at radius 2 is 1.73 bits per heavy atom. The molecule has 0 radical (unpaired) electrons. The maximum absolute atomic E-state index is 12.2. The van der Waals surface area contributed by atoms with Gasteiger partial charge in [-0.25, -0.2) is 9.20 Å². The Morgan fingerprint density at radius 1 is 1.04 bits per heavy atom. The summed E-state index contributed by atoms with van der Waals surface area (Å²) in [6, 6.07) is 23.4. The molecule has 5 N–H and O–H groups in total. The lowest BCUT2D eigenvalue weighted by Crippen LogP contribution is -2.41. The Morgan fingerprint density at radius 3 is 2.40 bits per heavy atom. The minimum absolute atomic E-state index is 0.0714. The number of furan rings is 1. The summed E-state index contributed by atoms with van der Waals surface area (Å²) < 4.78 is 19.5. The number of nitriles is 1. The van der Waals surface area contributed by atoms with Gasteiger partial charge in [0.2, 0.25) is 17.8 Å². The molecule has 2 heterocycles. The van der Waals surface area contributed by atoms with Crippen LogP contribution < -0.4 is 21.1 Å². The largest absolute Gasteiger partial charge is 0.461 e. The Labute approximate surface area is 284 Å². The van der Waals surface area contributed by atoms with Crippen LogP contribution in [0.15, 0.2) is 82.2 Å². The first-order valence-electron chi connectivity index (χ1n) is 15.4. The third-order valence-corrected chi connectivity index (χ3v) is 7.76. The Bertz CT molecular complexity index is 1770. The Kier molecular flexibility index (Phi) is 14.7. The molecule has 48 heavy (non-hydrogen) atoms. The van der Waals surface area contributed by atoms with Gasteiger partial charge in [0.05, 0.1) is 12.2 Å². The van der Waals surface area contributed by atoms with Crippen LogP contribution in [0.5, 0.6) is 0 Å². The van der Waals surface area contributed by atoms with Crippen LogP contribution in [0, 0.1) is 31.2 Å². The fourth-order valence-electron chi connectivity index (χ4n) is 5.00. The van der Waals surface area contributed by atoms with E-state index in [1.807, 2.05) is 49.4 Å². The minimum atomic E-state index is -1.08. The number of nitrogens with one attached hydrogen (secondary N) is 3. The van der Waals surface area contributed by atoms with E-state index in [0.29, 0.717) is 25.2 Å². The maximum Gasteiger partial charge on any atom is 0.239 e. The first-order valence-corrected chi connectivity index (χ1v) is 16.9. The molecule has 0 bridgehead atoms. The van der Waals surface area contributed by atoms with Gasteiger partial charge in [-0.3, -0.25) is 14.9 Å². The van der Waals surface area contributed by atoms with E-state index in [1.54, 1.807) is 23.4 Å². The predicted molar refractivity (Wildman–Crippen MR) is 192 cm³/mol. The van der Waals surface area contributed by atoms with Crippen LogP contribution in [-0.4, -0.2) is 52.8 Å². The second kappa shape index (κ2) is 19.2. The van der Waals surface area contributed by atoms with Crippen LogP contribution >= 0.6 is 0 Å². The van der Waals surface area contributed by atoms with Crippen molar-refractivity contribution in [1.29, 1.82) is 5.26 Å². The van der Waals surface area contributed by atoms with Gasteiger partial charge in [-0.2, -0.15) is 5.26 Å². The minimum Gasteiger partial charge on any atom is -0.461 e. The molecule has 1 aromatic heterocycles. The van der Waals surface area contributed by atoms with E-state index in [-0.39, 0.29) is 24.3 Å². The van der Waals surface area contributed by atoms with Crippen molar-refractivity contribution < 1.29 is 18.2 Å². The first kappa shape index (κ1) is 36.9. The van der Waals surface area contributed by atoms with Gasteiger partial charge >= 0.3 is 0 Å². The average molecular weight is 668 g/mol. The highest BCUT2D eigenvalue weighted by Crippen LogP contribution is 2.24. The fraction of sp³-hybridized carbons (Fsp3) is 0.278. The monoisotopic (exact) mass is 667 g/mol. The standard InChI is InChI=1S/C23H29N3O3S.C11H10N4O.C2H2/c1-30(29)25-21-12-10-20(11-13-21)19-8-6-18(7-9-19)14-15-24-22(27)17-26-16-4-2-3-5-23(26)28;1-7-4-8-5-9(2-3-10(8)16-7)15-11(13)14-6-12;1-2/h6-13,25H,2-5,14-17H2,1H3,(H,24,27);2-5H,1H3,(H3,13,14,15);1-2H. The van der Waals surface area contributed by atoms with Crippen LogP contribution in [0.3, 0.4) is 0 Å². The van der Waals surface area contributed by atoms with Gasteiger partial charge in [-0.1, -0.05) is 42.8 Å². The topological polar surface area (TPSA) is 166 Å². The van der Waals surface area contributed by atoms with Crippen molar-refractivity contribution in [3.63, 3.8) is 0 Å². The van der Waals surface area contributed by atoms with Crippen molar-refractivity contribution in [2.45, 2.75) is 39.0 Å². The summed E-state index contributed by atoms with van der Waals surface area (Å²) >= 11 is 0. The lowest BCUT2D eigenvalue weighted by atomic mass is 10.0. The number of nitrogens with two attached hydrogens (primary N) is 1. The van der Waals surface area contributed by atoms with E-state index in [0.717, 1.165) is 64.8 Å². The van der Waals surface area contributed by atoms with E-state index in [2.05, 4.69) is 57.5 Å². The lowest BCUT2D eigenvalue weighted by Gasteiger charge is -2.19. The van der Waals surface area contributed by atoms with Gasteiger partial charge in [0.1, 0.15) is 22.3 Å². The molecule has 1 saturated heterocycles. The molecule has 12 heteroatoms. The number of guanidine groups is 1. The number of carbonyl (C=O) groups is 2. The van der Waals surface area contributed by atoms with E-state index in [9.17, 15) is 13.8 Å². The number of nitrogens with zero attached hydrogens (tertiary/aromatic N) is 3. The summed E-state index contributed by atoms with van der Waals surface area (Å²) in [4.78, 5) is 29.9. The van der Waals surface area contributed by atoms with Gasteiger partial charge in [-0.15, -0.1) is 12.8 Å². The number of aryl methyl sites for hydroxylation is 1. The third kappa shape index (κ3) is 12.0. The summed E-state index contributed by atoms with van der Waals surface area (Å²) in [6.07, 6.45) is 15.6.